The van der Waals surface area contributed by atoms with Gasteiger partial charge in [0.1, 0.15) is 23.0 Å². The van der Waals surface area contributed by atoms with Crippen molar-refractivity contribution in [2.45, 2.75) is 65.7 Å². The van der Waals surface area contributed by atoms with Gasteiger partial charge in [-0.15, -0.1) is 0 Å². The van der Waals surface area contributed by atoms with Crippen LogP contribution in [0.25, 0.3) is 0 Å². The number of anilines is 2. The molecule has 6 nitrogen and oxygen atoms in total. The van der Waals surface area contributed by atoms with E-state index in [1.807, 2.05) is 26.0 Å². The number of phenols is 2. The zero-order valence-electron chi connectivity index (χ0n) is 18.8. The average molecular weight is 415 g/mol. The van der Waals surface area contributed by atoms with Gasteiger partial charge < -0.3 is 29.5 Å². The highest BCUT2D eigenvalue weighted by Gasteiger charge is 2.42. The highest BCUT2D eigenvalue weighted by Crippen LogP contribution is 2.43. The van der Waals surface area contributed by atoms with Crippen molar-refractivity contribution < 1.29 is 19.7 Å². The lowest BCUT2D eigenvalue weighted by Gasteiger charge is -2.55. The molecule has 4 atom stereocenters. The summed E-state index contributed by atoms with van der Waals surface area (Å²) in [5.74, 6) is 1.80. The van der Waals surface area contributed by atoms with Crippen molar-refractivity contribution >= 4 is 11.4 Å². The Balaban J connectivity index is 2.02. The molecular formula is C24H34N2O4. The van der Waals surface area contributed by atoms with Crippen molar-refractivity contribution in [2.24, 2.45) is 0 Å². The molecule has 3 rings (SSSR count). The van der Waals surface area contributed by atoms with Gasteiger partial charge in [-0.05, 0) is 65.8 Å². The van der Waals surface area contributed by atoms with Gasteiger partial charge in [-0.1, -0.05) is 0 Å². The molecule has 0 spiro atoms. The van der Waals surface area contributed by atoms with Crippen LogP contribution in [0.15, 0.2) is 36.4 Å². The van der Waals surface area contributed by atoms with Crippen LogP contribution >= 0.6 is 0 Å². The fourth-order valence-corrected chi connectivity index (χ4v) is 4.52. The summed E-state index contributed by atoms with van der Waals surface area (Å²) in [6.07, 6.45) is 0. The van der Waals surface area contributed by atoms with E-state index in [-0.39, 0.29) is 35.7 Å². The monoisotopic (exact) mass is 414 g/mol. The SMILES string of the molecule is CCOc1cc(O)ccc1N1C(C)C(C)N(c2ccc(O)cc2OCC)C(C)C1C. The first kappa shape index (κ1) is 21.9. The van der Waals surface area contributed by atoms with E-state index >= 15 is 0 Å². The van der Waals surface area contributed by atoms with Crippen LogP contribution in [0.3, 0.4) is 0 Å². The summed E-state index contributed by atoms with van der Waals surface area (Å²) in [5.41, 5.74) is 1.98. The Morgan fingerprint density at radius 3 is 1.30 bits per heavy atom. The summed E-state index contributed by atoms with van der Waals surface area (Å²) in [7, 11) is 0. The minimum Gasteiger partial charge on any atom is -0.508 e. The summed E-state index contributed by atoms with van der Waals surface area (Å²) in [5, 5.41) is 19.9. The summed E-state index contributed by atoms with van der Waals surface area (Å²) < 4.78 is 11.7. The number of benzene rings is 2. The number of piperazine rings is 1. The van der Waals surface area contributed by atoms with Gasteiger partial charge in [0.15, 0.2) is 0 Å². The Hall–Kier alpha value is -2.76. The Kier molecular flexibility index (Phi) is 6.54. The van der Waals surface area contributed by atoms with Crippen LogP contribution in [0.2, 0.25) is 0 Å². The van der Waals surface area contributed by atoms with E-state index in [4.69, 9.17) is 9.47 Å². The maximum Gasteiger partial charge on any atom is 0.146 e. The van der Waals surface area contributed by atoms with Crippen LogP contribution in [0, 0.1) is 0 Å². The maximum absolute atomic E-state index is 9.95. The Morgan fingerprint density at radius 1 is 0.667 bits per heavy atom. The molecule has 0 bridgehead atoms. The first-order valence-corrected chi connectivity index (χ1v) is 10.8. The van der Waals surface area contributed by atoms with E-state index in [1.54, 1.807) is 24.3 Å². The van der Waals surface area contributed by atoms with Gasteiger partial charge in [0.25, 0.3) is 0 Å². The van der Waals surface area contributed by atoms with Crippen molar-refractivity contribution in [3.05, 3.63) is 36.4 Å². The van der Waals surface area contributed by atoms with Gasteiger partial charge in [0, 0.05) is 36.3 Å². The van der Waals surface area contributed by atoms with Crippen LogP contribution < -0.4 is 19.3 Å². The number of ether oxygens (including phenoxy) is 2. The van der Waals surface area contributed by atoms with Gasteiger partial charge in [0.2, 0.25) is 0 Å². The van der Waals surface area contributed by atoms with Crippen LogP contribution in [-0.4, -0.2) is 47.6 Å². The van der Waals surface area contributed by atoms with E-state index in [0.29, 0.717) is 24.7 Å². The molecule has 0 radical (unpaired) electrons. The quantitative estimate of drug-likeness (QED) is 0.709. The van der Waals surface area contributed by atoms with Crippen LogP contribution in [0.5, 0.6) is 23.0 Å². The molecule has 30 heavy (non-hydrogen) atoms. The predicted octanol–water partition coefficient (Wildman–Crippen LogP) is 4.78. The summed E-state index contributed by atoms with van der Waals surface area (Å²) in [4.78, 5) is 4.77. The number of aromatic hydroxyl groups is 2. The van der Waals surface area contributed by atoms with Crippen LogP contribution in [-0.2, 0) is 0 Å². The predicted molar refractivity (Wildman–Crippen MR) is 121 cm³/mol. The van der Waals surface area contributed by atoms with E-state index in [2.05, 4.69) is 37.5 Å². The van der Waals surface area contributed by atoms with Gasteiger partial charge in [-0.3, -0.25) is 0 Å². The molecule has 1 aliphatic heterocycles. The van der Waals surface area contributed by atoms with Gasteiger partial charge in [-0.25, -0.2) is 0 Å². The molecule has 0 aromatic heterocycles. The molecule has 1 aliphatic rings. The lowest BCUT2D eigenvalue weighted by atomic mass is 9.92. The molecule has 0 aliphatic carbocycles. The molecule has 2 aromatic carbocycles. The smallest absolute Gasteiger partial charge is 0.146 e. The molecular weight excluding hydrogens is 380 g/mol. The molecule has 6 heteroatoms. The second kappa shape index (κ2) is 8.94. The lowest BCUT2D eigenvalue weighted by Crippen LogP contribution is -2.66. The topological polar surface area (TPSA) is 65.4 Å². The third-order valence-corrected chi connectivity index (χ3v) is 6.19. The third kappa shape index (κ3) is 3.95. The minimum atomic E-state index is 0.170. The molecule has 1 saturated heterocycles. The number of hydrogen-bond donors (Lipinski definition) is 2. The summed E-state index contributed by atoms with van der Waals surface area (Å²) >= 11 is 0. The fraction of sp³-hybridized carbons (Fsp3) is 0.500. The molecule has 2 aromatic rings. The first-order chi connectivity index (χ1) is 14.3. The second-order valence-corrected chi connectivity index (χ2v) is 7.95. The van der Waals surface area contributed by atoms with Crippen molar-refractivity contribution in [1.29, 1.82) is 0 Å². The number of rotatable bonds is 6. The highest BCUT2D eigenvalue weighted by atomic mass is 16.5. The normalized spacial score (nSPS) is 24.1. The van der Waals surface area contributed by atoms with Gasteiger partial charge in [0.05, 0.1) is 24.6 Å². The Morgan fingerprint density at radius 2 is 1.00 bits per heavy atom. The van der Waals surface area contributed by atoms with Crippen molar-refractivity contribution in [2.75, 3.05) is 23.0 Å². The zero-order chi connectivity index (χ0) is 22.0. The van der Waals surface area contributed by atoms with Crippen LogP contribution in [0.4, 0.5) is 11.4 Å². The molecule has 1 fully saturated rings. The molecule has 0 amide bonds. The Bertz CT molecular complexity index is 785. The second-order valence-electron chi connectivity index (χ2n) is 7.95. The van der Waals surface area contributed by atoms with E-state index in [9.17, 15) is 10.2 Å². The van der Waals surface area contributed by atoms with E-state index in [1.165, 1.54) is 0 Å². The fourth-order valence-electron chi connectivity index (χ4n) is 4.52. The van der Waals surface area contributed by atoms with Crippen molar-refractivity contribution in [3.63, 3.8) is 0 Å². The van der Waals surface area contributed by atoms with Crippen molar-refractivity contribution in [3.8, 4) is 23.0 Å². The van der Waals surface area contributed by atoms with E-state index in [0.717, 1.165) is 11.4 Å². The number of hydrogen-bond acceptors (Lipinski definition) is 6. The Labute approximate surface area is 179 Å². The summed E-state index contributed by atoms with van der Waals surface area (Å²) in [6.45, 7) is 13.8. The average Bonchev–Trinajstić information content (AvgIpc) is 2.70. The van der Waals surface area contributed by atoms with Crippen molar-refractivity contribution in [1.82, 2.24) is 0 Å². The number of nitrogens with zero attached hydrogens (tertiary/aromatic N) is 2. The standard InChI is InChI=1S/C24H34N2O4/c1-7-29-23-13-19(27)9-11-21(23)25-15(3)17(5)26(18(6)16(25)4)22-12-10-20(28)14-24(22)30-8-2/h9-18,27-28H,7-8H2,1-6H3. The van der Waals surface area contributed by atoms with Gasteiger partial charge >= 0.3 is 0 Å². The highest BCUT2D eigenvalue weighted by molar-refractivity contribution is 5.67. The molecule has 1 heterocycles. The largest absolute Gasteiger partial charge is 0.508 e. The zero-order valence-corrected chi connectivity index (χ0v) is 18.8. The lowest BCUT2D eigenvalue weighted by molar-refractivity contribution is 0.311. The molecule has 0 saturated carbocycles. The number of phenolic OH excluding ortho intramolecular Hbond substituents is 2. The summed E-state index contributed by atoms with van der Waals surface area (Å²) in [6, 6.07) is 11.4. The molecule has 164 valence electrons. The third-order valence-electron chi connectivity index (χ3n) is 6.19. The minimum absolute atomic E-state index is 0.170. The molecule has 2 N–H and O–H groups in total. The molecule has 4 unspecified atom stereocenters. The maximum atomic E-state index is 9.95. The first-order valence-electron chi connectivity index (χ1n) is 10.8. The van der Waals surface area contributed by atoms with Crippen LogP contribution in [0.1, 0.15) is 41.5 Å². The van der Waals surface area contributed by atoms with E-state index < -0.39 is 0 Å². The van der Waals surface area contributed by atoms with Gasteiger partial charge in [-0.2, -0.15) is 0 Å².